The van der Waals surface area contributed by atoms with Gasteiger partial charge in [0.15, 0.2) is 5.82 Å². The predicted molar refractivity (Wildman–Crippen MR) is 153 cm³/mol. The van der Waals surface area contributed by atoms with Crippen LogP contribution in [-0.2, 0) is 11.6 Å². The SMILES string of the molecule is Cn1cc(-c2cc(Nc3ncc(Cl)c(Nc4ccccc4P(C)(C)=O)n3)ccc2N2CCNCC2)cn1. The number of hydrogen-bond acceptors (Lipinski definition) is 8. The summed E-state index contributed by atoms with van der Waals surface area (Å²) in [6, 6.07) is 13.7. The second-order valence-electron chi connectivity index (χ2n) is 9.38. The van der Waals surface area contributed by atoms with E-state index in [1.54, 1.807) is 24.2 Å². The fourth-order valence-corrected chi connectivity index (χ4v) is 5.70. The minimum atomic E-state index is -2.50. The van der Waals surface area contributed by atoms with Crippen LogP contribution < -0.4 is 26.2 Å². The van der Waals surface area contributed by atoms with Crippen LogP contribution >= 0.6 is 18.7 Å². The molecule has 0 aliphatic carbocycles. The van der Waals surface area contributed by atoms with Gasteiger partial charge in [0, 0.05) is 67.2 Å². The monoisotopic (exact) mass is 536 g/mol. The molecule has 0 radical (unpaired) electrons. The van der Waals surface area contributed by atoms with E-state index in [0.717, 1.165) is 48.3 Å². The number of nitrogens with zero attached hydrogens (tertiary/aromatic N) is 5. The van der Waals surface area contributed by atoms with Gasteiger partial charge in [-0.15, -0.1) is 0 Å². The Morgan fingerprint density at radius 2 is 1.84 bits per heavy atom. The number of hydrogen-bond donors (Lipinski definition) is 3. The Labute approximate surface area is 221 Å². The third-order valence-electron chi connectivity index (χ3n) is 6.21. The van der Waals surface area contributed by atoms with Gasteiger partial charge in [0.2, 0.25) is 5.95 Å². The first kappa shape index (κ1) is 25.3. The maximum atomic E-state index is 12.8. The Balaban J connectivity index is 1.45. The molecule has 3 heterocycles. The van der Waals surface area contributed by atoms with Crippen molar-refractivity contribution in [2.45, 2.75) is 0 Å². The van der Waals surface area contributed by atoms with Crippen LogP contribution in [0.5, 0.6) is 0 Å². The molecule has 0 saturated carbocycles. The molecule has 192 valence electrons. The van der Waals surface area contributed by atoms with Gasteiger partial charge in [0.25, 0.3) is 0 Å². The van der Waals surface area contributed by atoms with Crippen molar-refractivity contribution in [3.63, 3.8) is 0 Å². The highest BCUT2D eigenvalue weighted by Crippen LogP contribution is 2.39. The van der Waals surface area contributed by atoms with E-state index in [4.69, 9.17) is 11.6 Å². The molecule has 1 saturated heterocycles. The average Bonchev–Trinajstić information content (AvgIpc) is 3.32. The summed E-state index contributed by atoms with van der Waals surface area (Å²) in [5, 5.41) is 15.5. The van der Waals surface area contributed by atoms with Gasteiger partial charge in [-0.25, -0.2) is 4.98 Å². The van der Waals surface area contributed by atoms with Gasteiger partial charge in [-0.1, -0.05) is 23.7 Å². The summed E-state index contributed by atoms with van der Waals surface area (Å²) in [4.78, 5) is 11.4. The van der Waals surface area contributed by atoms with Gasteiger partial charge >= 0.3 is 0 Å². The molecular formula is C26H30ClN8OP. The number of aromatic nitrogens is 4. The average molecular weight is 537 g/mol. The lowest BCUT2D eigenvalue weighted by Gasteiger charge is -2.31. The molecule has 9 nitrogen and oxygen atoms in total. The number of benzene rings is 2. The first-order valence-electron chi connectivity index (χ1n) is 12.1. The Bertz CT molecular complexity index is 1460. The number of aryl methyl sites for hydroxylation is 1. The molecule has 5 rings (SSSR count). The normalized spacial score (nSPS) is 14.0. The van der Waals surface area contributed by atoms with E-state index in [9.17, 15) is 4.57 Å². The molecule has 1 fully saturated rings. The van der Waals surface area contributed by atoms with Crippen LogP contribution in [0.25, 0.3) is 11.1 Å². The minimum Gasteiger partial charge on any atom is -0.368 e. The van der Waals surface area contributed by atoms with Crippen molar-refractivity contribution in [3.8, 4) is 11.1 Å². The number of anilines is 5. The van der Waals surface area contributed by atoms with E-state index in [-0.39, 0.29) is 0 Å². The summed E-state index contributed by atoms with van der Waals surface area (Å²) < 4.78 is 14.6. The van der Waals surface area contributed by atoms with E-state index in [2.05, 4.69) is 48.0 Å². The van der Waals surface area contributed by atoms with Gasteiger partial charge < -0.3 is 25.4 Å². The van der Waals surface area contributed by atoms with E-state index >= 15 is 0 Å². The largest absolute Gasteiger partial charge is 0.368 e. The first-order chi connectivity index (χ1) is 17.8. The predicted octanol–water partition coefficient (Wildman–Crippen LogP) is 4.68. The summed E-state index contributed by atoms with van der Waals surface area (Å²) >= 11 is 6.43. The highest BCUT2D eigenvalue weighted by molar-refractivity contribution is 7.70. The first-order valence-corrected chi connectivity index (χ1v) is 15.1. The maximum Gasteiger partial charge on any atom is 0.229 e. The topological polar surface area (TPSA) is 100 Å². The lowest BCUT2D eigenvalue weighted by molar-refractivity contribution is 0.588. The lowest BCUT2D eigenvalue weighted by atomic mass is 10.0. The van der Waals surface area contributed by atoms with Crippen molar-refractivity contribution in [1.82, 2.24) is 25.1 Å². The van der Waals surface area contributed by atoms with E-state index in [0.29, 0.717) is 22.5 Å². The van der Waals surface area contributed by atoms with Crippen molar-refractivity contribution in [3.05, 3.63) is 66.1 Å². The Hall–Kier alpha value is -3.39. The molecule has 0 unspecified atom stereocenters. The molecule has 37 heavy (non-hydrogen) atoms. The van der Waals surface area contributed by atoms with Gasteiger partial charge in [-0.2, -0.15) is 10.1 Å². The molecule has 1 aliphatic heterocycles. The van der Waals surface area contributed by atoms with Crippen LogP contribution in [0.3, 0.4) is 0 Å². The Kier molecular flexibility index (Phi) is 7.20. The molecule has 0 amide bonds. The highest BCUT2D eigenvalue weighted by atomic mass is 35.5. The molecule has 0 spiro atoms. The smallest absolute Gasteiger partial charge is 0.229 e. The van der Waals surface area contributed by atoms with E-state index < -0.39 is 7.14 Å². The Morgan fingerprint density at radius 3 is 2.57 bits per heavy atom. The van der Waals surface area contributed by atoms with Gasteiger partial charge in [-0.3, -0.25) is 4.68 Å². The van der Waals surface area contributed by atoms with Gasteiger partial charge in [0.1, 0.15) is 12.2 Å². The standard InChI is InChI=1S/C26H30ClN8OP/c1-34-17-18(15-30-34)20-14-19(8-9-23(20)35-12-10-28-11-13-35)31-26-29-16-21(27)25(33-26)32-22-6-4-5-7-24(22)37(2,3)36/h4-9,14-17,28H,10-13H2,1-3H3,(H2,29,31,32,33). The Morgan fingerprint density at radius 1 is 1.05 bits per heavy atom. The van der Waals surface area contributed by atoms with Gasteiger partial charge in [0.05, 0.1) is 18.1 Å². The highest BCUT2D eigenvalue weighted by Gasteiger charge is 2.19. The molecule has 0 atom stereocenters. The van der Waals surface area contributed by atoms with E-state index in [1.807, 2.05) is 49.8 Å². The van der Waals surface area contributed by atoms with Crippen LogP contribution in [0.4, 0.5) is 28.8 Å². The third-order valence-corrected chi connectivity index (χ3v) is 8.03. The number of rotatable bonds is 7. The van der Waals surface area contributed by atoms with Crippen LogP contribution in [0.2, 0.25) is 5.02 Å². The summed E-state index contributed by atoms with van der Waals surface area (Å²) in [5.74, 6) is 0.831. The number of piperazine rings is 1. The van der Waals surface area contributed by atoms with Crippen LogP contribution in [0, 0.1) is 0 Å². The van der Waals surface area contributed by atoms with Gasteiger partial charge in [-0.05, 0) is 43.7 Å². The van der Waals surface area contributed by atoms with Crippen LogP contribution in [0.1, 0.15) is 0 Å². The summed E-state index contributed by atoms with van der Waals surface area (Å²) in [7, 11) is -0.587. The zero-order valence-electron chi connectivity index (χ0n) is 21.1. The molecule has 1 aliphatic rings. The molecule has 2 aromatic carbocycles. The van der Waals surface area contributed by atoms with E-state index in [1.165, 1.54) is 5.69 Å². The van der Waals surface area contributed by atoms with Crippen molar-refractivity contribution in [2.24, 2.45) is 7.05 Å². The quantitative estimate of drug-likeness (QED) is 0.293. The molecule has 11 heteroatoms. The fourth-order valence-electron chi connectivity index (χ4n) is 4.41. The summed E-state index contributed by atoms with van der Waals surface area (Å²) in [6.45, 7) is 7.28. The zero-order valence-corrected chi connectivity index (χ0v) is 22.7. The summed E-state index contributed by atoms with van der Waals surface area (Å²) in [5.41, 5.74) is 4.85. The van der Waals surface area contributed by atoms with Crippen molar-refractivity contribution in [2.75, 3.05) is 55.0 Å². The number of halogens is 1. The molecular weight excluding hydrogens is 507 g/mol. The summed E-state index contributed by atoms with van der Waals surface area (Å²) in [6.07, 6.45) is 5.45. The maximum absolute atomic E-state index is 12.8. The van der Waals surface area contributed by atoms with Crippen molar-refractivity contribution >= 4 is 52.9 Å². The second-order valence-corrected chi connectivity index (χ2v) is 13.0. The zero-order chi connectivity index (χ0) is 26.0. The number of para-hydroxylation sites is 1. The van der Waals surface area contributed by atoms with Crippen LogP contribution in [0.15, 0.2) is 61.1 Å². The molecule has 4 aromatic rings. The molecule has 0 bridgehead atoms. The van der Waals surface area contributed by atoms with Crippen LogP contribution in [-0.4, -0.2) is 59.3 Å². The fraction of sp³-hybridized carbons (Fsp3) is 0.269. The molecule has 2 aromatic heterocycles. The second kappa shape index (κ2) is 10.5. The number of nitrogens with one attached hydrogen (secondary N) is 3. The minimum absolute atomic E-state index is 0.368. The third kappa shape index (κ3) is 5.80. The lowest BCUT2D eigenvalue weighted by Crippen LogP contribution is -2.43. The molecule has 3 N–H and O–H groups in total. The van der Waals surface area contributed by atoms with Crippen molar-refractivity contribution in [1.29, 1.82) is 0 Å². The van der Waals surface area contributed by atoms with Crippen molar-refractivity contribution < 1.29 is 4.57 Å².